The van der Waals surface area contributed by atoms with Crippen LogP contribution in [0, 0.1) is 0 Å². The molecule has 0 bridgehead atoms. The zero-order valence-electron chi connectivity index (χ0n) is 8.74. The third kappa shape index (κ3) is 3.29. The topological polar surface area (TPSA) is 84.6 Å². The van der Waals surface area contributed by atoms with E-state index in [2.05, 4.69) is 5.32 Å². The minimum atomic E-state index is -1.06. The number of hydrogen-bond donors (Lipinski definition) is 3. The zero-order valence-corrected chi connectivity index (χ0v) is 9.49. The van der Waals surface area contributed by atoms with E-state index in [-0.39, 0.29) is 6.54 Å². The number of hydrogen-bond acceptors (Lipinski definition) is 4. The van der Waals surface area contributed by atoms with Crippen molar-refractivity contribution < 1.29 is 14.6 Å². The molecule has 1 atom stereocenters. The minimum Gasteiger partial charge on any atom is -0.497 e. The Hall–Kier alpha value is -1.46. The fraction of sp³-hybridized carbons (Fsp3) is 0.300. The van der Waals surface area contributed by atoms with E-state index in [1.807, 2.05) is 0 Å². The van der Waals surface area contributed by atoms with Crippen LogP contribution in [0.4, 0.5) is 5.69 Å². The standard InChI is InChI=1S/C10H13ClN2O3/c1-16-6-2-3-7(11)9(4-6)13-5-8(12)10(14)15/h2-4,8,13H,5,12H2,1H3,(H,14,15). The van der Waals surface area contributed by atoms with Crippen LogP contribution in [0.5, 0.6) is 5.75 Å². The van der Waals surface area contributed by atoms with Gasteiger partial charge in [0.15, 0.2) is 0 Å². The maximum atomic E-state index is 10.5. The van der Waals surface area contributed by atoms with Gasteiger partial charge in [-0.1, -0.05) is 11.6 Å². The lowest BCUT2D eigenvalue weighted by Gasteiger charge is -2.12. The van der Waals surface area contributed by atoms with Crippen LogP contribution in [0.2, 0.25) is 5.02 Å². The molecule has 1 aromatic carbocycles. The molecule has 0 radical (unpaired) electrons. The summed E-state index contributed by atoms with van der Waals surface area (Å²) in [6, 6.07) is 4.08. The van der Waals surface area contributed by atoms with E-state index in [9.17, 15) is 4.79 Å². The molecule has 0 aliphatic heterocycles. The van der Waals surface area contributed by atoms with Crippen molar-refractivity contribution in [1.29, 1.82) is 0 Å². The number of aliphatic carboxylic acids is 1. The summed E-state index contributed by atoms with van der Waals surface area (Å²) < 4.78 is 5.02. The van der Waals surface area contributed by atoms with Crippen molar-refractivity contribution >= 4 is 23.3 Å². The predicted octanol–water partition coefficient (Wildman–Crippen LogP) is 1.17. The highest BCUT2D eigenvalue weighted by Gasteiger charge is 2.11. The van der Waals surface area contributed by atoms with Gasteiger partial charge in [-0.3, -0.25) is 4.79 Å². The number of nitrogens with two attached hydrogens (primary N) is 1. The van der Waals surface area contributed by atoms with Gasteiger partial charge in [-0.2, -0.15) is 0 Å². The molecule has 0 aromatic heterocycles. The molecule has 1 rings (SSSR count). The molecule has 16 heavy (non-hydrogen) atoms. The van der Waals surface area contributed by atoms with Crippen LogP contribution in [0.1, 0.15) is 0 Å². The number of methoxy groups -OCH3 is 1. The number of anilines is 1. The lowest BCUT2D eigenvalue weighted by Crippen LogP contribution is -2.36. The Morgan fingerprint density at radius 3 is 2.94 bits per heavy atom. The van der Waals surface area contributed by atoms with Crippen molar-refractivity contribution in [2.24, 2.45) is 5.73 Å². The third-order valence-corrected chi connectivity index (χ3v) is 2.33. The molecular formula is C10H13ClN2O3. The van der Waals surface area contributed by atoms with Crippen molar-refractivity contribution in [3.8, 4) is 5.75 Å². The zero-order chi connectivity index (χ0) is 12.1. The van der Waals surface area contributed by atoms with E-state index >= 15 is 0 Å². The van der Waals surface area contributed by atoms with Crippen LogP contribution in [0.25, 0.3) is 0 Å². The number of nitrogens with one attached hydrogen (secondary N) is 1. The van der Waals surface area contributed by atoms with Crippen molar-refractivity contribution in [3.05, 3.63) is 23.2 Å². The number of rotatable bonds is 5. The van der Waals surface area contributed by atoms with Gasteiger partial charge in [-0.05, 0) is 12.1 Å². The van der Waals surface area contributed by atoms with E-state index in [0.717, 1.165) is 0 Å². The Labute approximate surface area is 98.2 Å². The first-order valence-electron chi connectivity index (χ1n) is 4.60. The average molecular weight is 245 g/mol. The summed E-state index contributed by atoms with van der Waals surface area (Å²) in [6.07, 6.45) is 0. The van der Waals surface area contributed by atoms with Crippen molar-refractivity contribution in [2.75, 3.05) is 19.0 Å². The van der Waals surface area contributed by atoms with Gasteiger partial charge in [-0.25, -0.2) is 0 Å². The molecule has 0 fully saturated rings. The molecule has 0 amide bonds. The van der Waals surface area contributed by atoms with Gasteiger partial charge in [-0.15, -0.1) is 0 Å². The van der Waals surface area contributed by atoms with E-state index in [1.54, 1.807) is 18.2 Å². The highest BCUT2D eigenvalue weighted by Crippen LogP contribution is 2.26. The number of carbonyl (C=O) groups is 1. The fourth-order valence-corrected chi connectivity index (χ4v) is 1.26. The van der Waals surface area contributed by atoms with Gasteiger partial charge in [0, 0.05) is 12.6 Å². The summed E-state index contributed by atoms with van der Waals surface area (Å²) in [4.78, 5) is 10.5. The monoisotopic (exact) mass is 244 g/mol. The SMILES string of the molecule is COc1ccc(Cl)c(NCC(N)C(=O)O)c1. The van der Waals surface area contributed by atoms with Crippen LogP contribution in [-0.4, -0.2) is 30.8 Å². The largest absolute Gasteiger partial charge is 0.497 e. The first kappa shape index (κ1) is 12.6. The molecule has 0 aliphatic rings. The Kier molecular flexibility index (Phi) is 4.39. The number of benzene rings is 1. The normalized spacial score (nSPS) is 11.9. The molecule has 0 spiro atoms. The molecule has 0 aliphatic carbocycles. The Morgan fingerprint density at radius 2 is 2.38 bits per heavy atom. The highest BCUT2D eigenvalue weighted by atomic mass is 35.5. The average Bonchev–Trinajstić information content (AvgIpc) is 2.27. The van der Waals surface area contributed by atoms with Gasteiger partial charge in [0.2, 0.25) is 0 Å². The second-order valence-corrected chi connectivity index (χ2v) is 3.58. The van der Waals surface area contributed by atoms with Gasteiger partial charge in [0.1, 0.15) is 11.8 Å². The summed E-state index contributed by atoms with van der Waals surface area (Å²) in [6.45, 7) is 0.0994. The molecule has 0 saturated heterocycles. The molecule has 1 aromatic rings. The second kappa shape index (κ2) is 5.58. The summed E-state index contributed by atoms with van der Waals surface area (Å²) >= 11 is 5.91. The summed E-state index contributed by atoms with van der Waals surface area (Å²) in [5, 5.41) is 11.9. The van der Waals surface area contributed by atoms with Crippen molar-refractivity contribution in [1.82, 2.24) is 0 Å². The smallest absolute Gasteiger partial charge is 0.322 e. The molecular weight excluding hydrogens is 232 g/mol. The van der Waals surface area contributed by atoms with Crippen LogP contribution in [0.3, 0.4) is 0 Å². The van der Waals surface area contributed by atoms with Crippen molar-refractivity contribution in [3.63, 3.8) is 0 Å². The lowest BCUT2D eigenvalue weighted by atomic mass is 10.2. The predicted molar refractivity (Wildman–Crippen MR) is 62.1 cm³/mol. The van der Waals surface area contributed by atoms with Gasteiger partial charge < -0.3 is 20.9 Å². The van der Waals surface area contributed by atoms with Crippen LogP contribution in [-0.2, 0) is 4.79 Å². The quantitative estimate of drug-likeness (QED) is 0.724. The molecule has 88 valence electrons. The Bertz CT molecular complexity index is 384. The first-order chi connectivity index (χ1) is 7.54. The molecule has 6 heteroatoms. The number of ether oxygens (including phenoxy) is 1. The molecule has 4 N–H and O–H groups in total. The van der Waals surface area contributed by atoms with Gasteiger partial charge in [0.25, 0.3) is 0 Å². The number of halogens is 1. The minimum absolute atomic E-state index is 0.0994. The summed E-state index contributed by atoms with van der Waals surface area (Å²) in [5.41, 5.74) is 5.94. The van der Waals surface area contributed by atoms with Crippen molar-refractivity contribution in [2.45, 2.75) is 6.04 Å². The second-order valence-electron chi connectivity index (χ2n) is 3.17. The maximum Gasteiger partial charge on any atom is 0.322 e. The van der Waals surface area contributed by atoms with Crippen LogP contribution < -0.4 is 15.8 Å². The fourth-order valence-electron chi connectivity index (χ4n) is 1.07. The third-order valence-electron chi connectivity index (χ3n) is 2.00. The highest BCUT2D eigenvalue weighted by molar-refractivity contribution is 6.33. The molecule has 0 saturated carbocycles. The Morgan fingerprint density at radius 1 is 1.69 bits per heavy atom. The van der Waals surface area contributed by atoms with E-state index in [0.29, 0.717) is 16.5 Å². The van der Waals surface area contributed by atoms with E-state index < -0.39 is 12.0 Å². The van der Waals surface area contributed by atoms with Gasteiger partial charge in [0.05, 0.1) is 17.8 Å². The summed E-state index contributed by atoms with van der Waals surface area (Å²) in [5.74, 6) is -0.428. The number of carboxylic acid groups (broad SMARTS) is 1. The maximum absolute atomic E-state index is 10.5. The first-order valence-corrected chi connectivity index (χ1v) is 4.98. The van der Waals surface area contributed by atoms with Crippen LogP contribution in [0.15, 0.2) is 18.2 Å². The molecule has 0 heterocycles. The number of carboxylic acids is 1. The lowest BCUT2D eigenvalue weighted by molar-refractivity contribution is -0.138. The molecule has 5 nitrogen and oxygen atoms in total. The van der Waals surface area contributed by atoms with Gasteiger partial charge >= 0.3 is 5.97 Å². The molecule has 1 unspecified atom stereocenters. The van der Waals surface area contributed by atoms with E-state index in [4.69, 9.17) is 27.2 Å². The van der Waals surface area contributed by atoms with E-state index in [1.165, 1.54) is 7.11 Å². The Balaban J connectivity index is 2.69. The summed E-state index contributed by atoms with van der Waals surface area (Å²) in [7, 11) is 1.54. The van der Waals surface area contributed by atoms with Crippen LogP contribution >= 0.6 is 11.6 Å².